The van der Waals surface area contributed by atoms with Crippen molar-refractivity contribution in [1.82, 2.24) is 0 Å². The second-order valence-corrected chi connectivity index (χ2v) is 4.49. The average Bonchev–Trinajstić information content (AvgIpc) is 2.83. The first-order chi connectivity index (χ1) is 9.13. The van der Waals surface area contributed by atoms with E-state index in [1.807, 2.05) is 6.92 Å². The molecule has 0 bridgehead atoms. The number of aliphatic hydroxyl groups is 1. The molecule has 1 atom stereocenters. The SMILES string of the molecule is Cc1cc(C(O)c2ccc3c(c2)NC(=O)CO3)co1. The average molecular weight is 259 g/mol. The van der Waals surface area contributed by atoms with Crippen molar-refractivity contribution in [3.8, 4) is 5.75 Å². The number of nitrogens with one attached hydrogen (secondary N) is 1. The predicted octanol–water partition coefficient (Wildman–Crippen LogP) is 2.00. The van der Waals surface area contributed by atoms with Crippen LogP contribution >= 0.6 is 0 Å². The van der Waals surface area contributed by atoms with Crippen molar-refractivity contribution in [2.75, 3.05) is 11.9 Å². The Kier molecular flexibility index (Phi) is 2.76. The summed E-state index contributed by atoms with van der Waals surface area (Å²) >= 11 is 0. The zero-order valence-corrected chi connectivity index (χ0v) is 10.3. The summed E-state index contributed by atoms with van der Waals surface area (Å²) in [5.41, 5.74) is 1.93. The van der Waals surface area contributed by atoms with Gasteiger partial charge in [0.2, 0.25) is 0 Å². The summed E-state index contributed by atoms with van der Waals surface area (Å²) in [6.45, 7) is 1.84. The highest BCUT2D eigenvalue weighted by molar-refractivity contribution is 5.95. The maximum atomic E-state index is 11.3. The number of aryl methyl sites for hydroxylation is 1. The lowest BCUT2D eigenvalue weighted by Crippen LogP contribution is -2.25. The van der Waals surface area contributed by atoms with Crippen LogP contribution in [0.3, 0.4) is 0 Å². The normalized spacial score (nSPS) is 15.4. The van der Waals surface area contributed by atoms with Crippen LogP contribution in [0.15, 0.2) is 34.9 Å². The van der Waals surface area contributed by atoms with E-state index in [0.717, 1.165) is 5.76 Å². The molecule has 3 rings (SSSR count). The summed E-state index contributed by atoms with van der Waals surface area (Å²) in [4.78, 5) is 11.3. The third kappa shape index (κ3) is 2.20. The van der Waals surface area contributed by atoms with Crippen molar-refractivity contribution in [1.29, 1.82) is 0 Å². The van der Waals surface area contributed by atoms with Gasteiger partial charge in [0.05, 0.1) is 12.0 Å². The van der Waals surface area contributed by atoms with Crippen LogP contribution in [-0.2, 0) is 4.79 Å². The van der Waals surface area contributed by atoms with E-state index in [1.54, 1.807) is 24.3 Å². The van der Waals surface area contributed by atoms with Crippen LogP contribution in [0.4, 0.5) is 5.69 Å². The van der Waals surface area contributed by atoms with Gasteiger partial charge in [0.25, 0.3) is 5.91 Å². The third-order valence-electron chi connectivity index (χ3n) is 3.02. The molecule has 1 aromatic heterocycles. The fourth-order valence-corrected chi connectivity index (χ4v) is 2.07. The van der Waals surface area contributed by atoms with Crippen LogP contribution in [0.25, 0.3) is 0 Å². The second kappa shape index (κ2) is 4.44. The Hall–Kier alpha value is -2.27. The van der Waals surface area contributed by atoms with E-state index in [2.05, 4.69) is 5.32 Å². The number of ether oxygens (including phenoxy) is 1. The number of benzene rings is 1. The Morgan fingerprint density at radius 2 is 2.16 bits per heavy atom. The molecule has 2 N–H and O–H groups in total. The first-order valence-corrected chi connectivity index (χ1v) is 5.93. The van der Waals surface area contributed by atoms with Crippen LogP contribution in [0.1, 0.15) is 23.0 Å². The molecule has 1 aliphatic rings. The van der Waals surface area contributed by atoms with Crippen molar-refractivity contribution in [2.24, 2.45) is 0 Å². The minimum atomic E-state index is -0.790. The molecule has 5 heteroatoms. The number of amides is 1. The Balaban J connectivity index is 1.93. The summed E-state index contributed by atoms with van der Waals surface area (Å²) in [6, 6.07) is 6.99. The van der Waals surface area contributed by atoms with E-state index in [0.29, 0.717) is 22.6 Å². The maximum Gasteiger partial charge on any atom is 0.262 e. The number of aliphatic hydroxyl groups excluding tert-OH is 1. The zero-order chi connectivity index (χ0) is 13.4. The molecular formula is C14H13NO4. The molecule has 0 radical (unpaired) electrons. The molecule has 2 aromatic rings. The van der Waals surface area contributed by atoms with E-state index in [1.165, 1.54) is 6.26 Å². The Bertz CT molecular complexity index is 632. The standard InChI is InChI=1S/C14H13NO4/c1-8-4-10(6-18-8)14(17)9-2-3-12-11(5-9)15-13(16)7-19-12/h2-6,14,17H,7H2,1H3,(H,15,16). The predicted molar refractivity (Wildman–Crippen MR) is 68.1 cm³/mol. The molecule has 2 heterocycles. The molecule has 1 amide bonds. The van der Waals surface area contributed by atoms with Crippen LogP contribution in [-0.4, -0.2) is 17.6 Å². The maximum absolute atomic E-state index is 11.3. The first kappa shape index (κ1) is 11.8. The lowest BCUT2D eigenvalue weighted by Gasteiger charge is -2.19. The molecular weight excluding hydrogens is 246 g/mol. The largest absolute Gasteiger partial charge is 0.482 e. The lowest BCUT2D eigenvalue weighted by molar-refractivity contribution is -0.118. The van der Waals surface area contributed by atoms with Crippen LogP contribution in [0, 0.1) is 6.92 Å². The molecule has 1 aromatic carbocycles. The van der Waals surface area contributed by atoms with Gasteiger partial charge in [-0.15, -0.1) is 0 Å². The van der Waals surface area contributed by atoms with E-state index in [-0.39, 0.29) is 12.5 Å². The number of fused-ring (bicyclic) bond motifs is 1. The van der Waals surface area contributed by atoms with E-state index < -0.39 is 6.10 Å². The van der Waals surface area contributed by atoms with Gasteiger partial charge in [-0.25, -0.2) is 0 Å². The second-order valence-electron chi connectivity index (χ2n) is 4.49. The van der Waals surface area contributed by atoms with E-state index >= 15 is 0 Å². The number of anilines is 1. The van der Waals surface area contributed by atoms with Crippen LogP contribution < -0.4 is 10.1 Å². The van der Waals surface area contributed by atoms with Gasteiger partial charge < -0.3 is 19.6 Å². The Labute approximate surface area is 109 Å². The summed E-state index contributed by atoms with van der Waals surface area (Å²) < 4.78 is 10.5. The van der Waals surface area contributed by atoms with Crippen molar-refractivity contribution < 1.29 is 19.1 Å². The Morgan fingerprint density at radius 1 is 1.32 bits per heavy atom. The monoisotopic (exact) mass is 259 g/mol. The topological polar surface area (TPSA) is 71.7 Å². The van der Waals surface area contributed by atoms with Gasteiger partial charge in [0, 0.05) is 5.56 Å². The molecule has 1 unspecified atom stereocenters. The number of hydrogen-bond donors (Lipinski definition) is 2. The fourth-order valence-electron chi connectivity index (χ4n) is 2.07. The molecule has 0 aliphatic carbocycles. The summed E-state index contributed by atoms with van der Waals surface area (Å²) in [5, 5.41) is 13.0. The molecule has 5 nitrogen and oxygen atoms in total. The van der Waals surface area contributed by atoms with Gasteiger partial charge in [-0.2, -0.15) is 0 Å². The number of hydrogen-bond acceptors (Lipinski definition) is 4. The van der Waals surface area contributed by atoms with E-state index in [4.69, 9.17) is 9.15 Å². The minimum absolute atomic E-state index is 0.0236. The summed E-state index contributed by atoms with van der Waals surface area (Å²) in [5.74, 6) is 1.15. The highest BCUT2D eigenvalue weighted by Crippen LogP contribution is 2.32. The number of rotatable bonds is 2. The zero-order valence-electron chi connectivity index (χ0n) is 10.3. The number of carbonyl (C=O) groups is 1. The van der Waals surface area contributed by atoms with Gasteiger partial charge in [0.1, 0.15) is 17.6 Å². The smallest absolute Gasteiger partial charge is 0.262 e. The molecule has 0 spiro atoms. The van der Waals surface area contributed by atoms with Crippen molar-refractivity contribution in [3.63, 3.8) is 0 Å². The van der Waals surface area contributed by atoms with Gasteiger partial charge in [-0.3, -0.25) is 4.79 Å². The van der Waals surface area contributed by atoms with Crippen LogP contribution in [0.2, 0.25) is 0 Å². The number of carbonyl (C=O) groups excluding carboxylic acids is 1. The highest BCUT2D eigenvalue weighted by Gasteiger charge is 2.19. The minimum Gasteiger partial charge on any atom is -0.482 e. The first-order valence-electron chi connectivity index (χ1n) is 5.93. The molecule has 0 saturated carbocycles. The third-order valence-corrected chi connectivity index (χ3v) is 3.02. The van der Waals surface area contributed by atoms with Gasteiger partial charge in [-0.1, -0.05) is 6.07 Å². The summed E-state index contributed by atoms with van der Waals surface area (Å²) in [7, 11) is 0. The molecule has 1 aliphatic heterocycles. The number of furan rings is 1. The molecule has 0 fully saturated rings. The Morgan fingerprint density at radius 3 is 2.89 bits per heavy atom. The lowest BCUT2D eigenvalue weighted by atomic mass is 10.0. The van der Waals surface area contributed by atoms with Crippen molar-refractivity contribution >= 4 is 11.6 Å². The van der Waals surface area contributed by atoms with E-state index in [9.17, 15) is 9.90 Å². The van der Waals surface area contributed by atoms with Crippen molar-refractivity contribution in [2.45, 2.75) is 13.0 Å². The van der Waals surface area contributed by atoms with Gasteiger partial charge in [-0.05, 0) is 30.7 Å². The summed E-state index contributed by atoms with van der Waals surface area (Å²) in [6.07, 6.45) is 0.732. The molecule has 19 heavy (non-hydrogen) atoms. The fraction of sp³-hybridized carbons (Fsp3) is 0.214. The quantitative estimate of drug-likeness (QED) is 0.865. The van der Waals surface area contributed by atoms with Crippen molar-refractivity contribution in [3.05, 3.63) is 47.4 Å². The van der Waals surface area contributed by atoms with Crippen LogP contribution in [0.5, 0.6) is 5.75 Å². The van der Waals surface area contributed by atoms with Gasteiger partial charge >= 0.3 is 0 Å². The highest BCUT2D eigenvalue weighted by atomic mass is 16.5. The molecule has 0 saturated heterocycles. The van der Waals surface area contributed by atoms with Gasteiger partial charge in [0.15, 0.2) is 6.61 Å². The molecule has 98 valence electrons.